The van der Waals surface area contributed by atoms with Crippen LogP contribution < -0.4 is 5.73 Å². The molecule has 0 aliphatic carbocycles. The third kappa shape index (κ3) is 2.10. The summed E-state index contributed by atoms with van der Waals surface area (Å²) in [5.74, 6) is -0.539. The predicted octanol–water partition coefficient (Wildman–Crippen LogP) is 0.463. The lowest BCUT2D eigenvalue weighted by atomic mass is 10.4. The molecule has 0 bridgehead atoms. The summed E-state index contributed by atoms with van der Waals surface area (Å²) in [6.45, 7) is 0. The van der Waals surface area contributed by atoms with E-state index in [0.717, 1.165) is 0 Å². The molecule has 16 heavy (non-hydrogen) atoms. The van der Waals surface area contributed by atoms with Crippen LogP contribution >= 0.6 is 23.2 Å². The molecule has 0 aliphatic rings. The highest BCUT2D eigenvalue weighted by Crippen LogP contribution is 2.09. The average molecular weight is 259 g/mol. The second-order valence-corrected chi connectivity index (χ2v) is 3.36. The Bertz CT molecular complexity index is 533. The molecule has 0 saturated carbocycles. The summed E-state index contributed by atoms with van der Waals surface area (Å²) in [7, 11) is 0. The Morgan fingerprint density at radius 1 is 1.25 bits per heavy atom. The molecular weight excluding hydrogens is 255 g/mol. The molecule has 0 aromatic carbocycles. The van der Waals surface area contributed by atoms with Crippen LogP contribution in [-0.2, 0) is 0 Å². The molecule has 0 saturated heterocycles. The number of hydrogen-bond acceptors (Lipinski definition) is 5. The Balaban J connectivity index is 2.46. The van der Waals surface area contributed by atoms with E-state index in [4.69, 9.17) is 28.9 Å². The van der Waals surface area contributed by atoms with Gasteiger partial charge in [0.25, 0.3) is 11.9 Å². The van der Waals surface area contributed by atoms with E-state index in [1.807, 2.05) is 0 Å². The molecule has 0 spiro atoms. The Morgan fingerprint density at radius 3 is 2.38 bits per heavy atom. The number of rotatable bonds is 2. The van der Waals surface area contributed by atoms with E-state index in [9.17, 15) is 4.79 Å². The number of hydrogen-bond donors (Lipinski definition) is 1. The van der Waals surface area contributed by atoms with Gasteiger partial charge in [0, 0.05) is 6.20 Å². The summed E-state index contributed by atoms with van der Waals surface area (Å²) in [4.78, 5) is 22.0. The molecule has 0 unspecified atom stereocenters. The minimum absolute atomic E-state index is 0.0638. The lowest BCUT2D eigenvalue weighted by Gasteiger charge is -1.99. The van der Waals surface area contributed by atoms with Crippen molar-refractivity contribution in [1.29, 1.82) is 0 Å². The Labute approximate surface area is 99.2 Å². The largest absolute Gasteiger partial charge is 0.364 e. The van der Waals surface area contributed by atoms with Crippen molar-refractivity contribution < 1.29 is 4.79 Å². The van der Waals surface area contributed by atoms with Gasteiger partial charge in [0.05, 0.1) is 0 Å². The second kappa shape index (κ2) is 4.03. The van der Waals surface area contributed by atoms with Crippen LogP contribution in [0.25, 0.3) is 5.95 Å². The zero-order valence-corrected chi connectivity index (χ0v) is 9.14. The van der Waals surface area contributed by atoms with Crippen molar-refractivity contribution in [3.8, 4) is 5.95 Å². The molecule has 9 heteroatoms. The molecule has 0 radical (unpaired) electrons. The Kier molecular flexibility index (Phi) is 2.71. The normalized spacial score (nSPS) is 10.4. The van der Waals surface area contributed by atoms with E-state index in [2.05, 4.69) is 20.1 Å². The third-order valence-corrected chi connectivity index (χ3v) is 1.95. The van der Waals surface area contributed by atoms with E-state index in [1.54, 1.807) is 0 Å². The SMILES string of the molecule is NC(=O)c1ccn(-c2nc(Cl)nc(Cl)n2)n1. The minimum Gasteiger partial charge on any atom is -0.364 e. The summed E-state index contributed by atoms with van der Waals surface area (Å²) in [6, 6.07) is 1.42. The van der Waals surface area contributed by atoms with E-state index < -0.39 is 5.91 Å². The molecule has 82 valence electrons. The van der Waals surface area contributed by atoms with Crippen LogP contribution in [0.2, 0.25) is 10.6 Å². The van der Waals surface area contributed by atoms with Gasteiger partial charge >= 0.3 is 0 Å². The standard InChI is InChI=1S/C7H4Cl2N6O/c8-5-11-6(9)13-7(12-5)15-2-1-3(14-15)4(10)16/h1-2H,(H2,10,16). The highest BCUT2D eigenvalue weighted by molar-refractivity contribution is 6.31. The van der Waals surface area contributed by atoms with Gasteiger partial charge in [-0.25, -0.2) is 4.68 Å². The fourth-order valence-electron chi connectivity index (χ4n) is 0.985. The van der Waals surface area contributed by atoms with Gasteiger partial charge < -0.3 is 5.73 Å². The summed E-state index contributed by atoms with van der Waals surface area (Å²) < 4.78 is 1.22. The molecule has 0 fully saturated rings. The van der Waals surface area contributed by atoms with Crippen LogP contribution in [0.15, 0.2) is 12.3 Å². The number of aromatic nitrogens is 5. The molecule has 2 rings (SSSR count). The van der Waals surface area contributed by atoms with Crippen LogP contribution in [0.4, 0.5) is 0 Å². The maximum Gasteiger partial charge on any atom is 0.269 e. The molecule has 2 aromatic heterocycles. The average Bonchev–Trinajstić information content (AvgIpc) is 2.64. The third-order valence-electron chi connectivity index (χ3n) is 1.62. The molecular formula is C7H4Cl2N6O. The Morgan fingerprint density at radius 2 is 1.88 bits per heavy atom. The van der Waals surface area contributed by atoms with Gasteiger partial charge in [-0.15, -0.1) is 0 Å². The minimum atomic E-state index is -0.648. The number of nitrogens with two attached hydrogens (primary N) is 1. The van der Waals surface area contributed by atoms with E-state index in [1.165, 1.54) is 16.9 Å². The van der Waals surface area contributed by atoms with E-state index >= 15 is 0 Å². The number of halogens is 2. The number of amides is 1. The first-order valence-corrected chi connectivity index (χ1v) is 4.75. The summed E-state index contributed by atoms with van der Waals surface area (Å²) in [5, 5.41) is 3.71. The molecule has 0 aliphatic heterocycles. The van der Waals surface area contributed by atoms with Crippen molar-refractivity contribution in [2.24, 2.45) is 5.73 Å². The van der Waals surface area contributed by atoms with Crippen molar-refractivity contribution in [1.82, 2.24) is 24.7 Å². The van der Waals surface area contributed by atoms with E-state index in [-0.39, 0.29) is 22.2 Å². The predicted molar refractivity (Wildman–Crippen MR) is 55.5 cm³/mol. The van der Waals surface area contributed by atoms with E-state index in [0.29, 0.717) is 0 Å². The van der Waals surface area contributed by atoms with Crippen LogP contribution in [0, 0.1) is 0 Å². The van der Waals surface area contributed by atoms with Gasteiger partial charge in [0.1, 0.15) is 5.69 Å². The van der Waals surface area contributed by atoms with Gasteiger partial charge in [0.15, 0.2) is 0 Å². The maximum atomic E-state index is 10.8. The van der Waals surface area contributed by atoms with Crippen molar-refractivity contribution in [3.63, 3.8) is 0 Å². The zero-order chi connectivity index (χ0) is 11.7. The highest BCUT2D eigenvalue weighted by Gasteiger charge is 2.09. The second-order valence-electron chi connectivity index (χ2n) is 2.68. The highest BCUT2D eigenvalue weighted by atomic mass is 35.5. The molecule has 2 heterocycles. The first-order chi connectivity index (χ1) is 7.56. The fourth-order valence-corrected chi connectivity index (χ4v) is 1.34. The van der Waals surface area contributed by atoms with Crippen molar-refractivity contribution >= 4 is 29.1 Å². The van der Waals surface area contributed by atoms with Crippen LogP contribution in [0.5, 0.6) is 0 Å². The summed E-state index contributed by atoms with van der Waals surface area (Å²) >= 11 is 11.2. The number of primary amides is 1. The van der Waals surface area contributed by atoms with Gasteiger partial charge in [-0.05, 0) is 29.3 Å². The van der Waals surface area contributed by atoms with Crippen molar-refractivity contribution in [2.45, 2.75) is 0 Å². The quantitative estimate of drug-likeness (QED) is 0.844. The Hall–Kier alpha value is -1.73. The number of carbonyl (C=O) groups is 1. The van der Waals surface area contributed by atoms with Gasteiger partial charge in [-0.2, -0.15) is 20.1 Å². The smallest absolute Gasteiger partial charge is 0.269 e. The van der Waals surface area contributed by atoms with Gasteiger partial charge in [0.2, 0.25) is 10.6 Å². The summed E-state index contributed by atoms with van der Waals surface area (Å²) in [5.41, 5.74) is 5.14. The van der Waals surface area contributed by atoms with Crippen LogP contribution in [0.1, 0.15) is 10.5 Å². The lowest BCUT2D eigenvalue weighted by Crippen LogP contribution is -2.13. The fraction of sp³-hybridized carbons (Fsp3) is 0. The maximum absolute atomic E-state index is 10.8. The molecule has 2 N–H and O–H groups in total. The zero-order valence-electron chi connectivity index (χ0n) is 7.63. The topological polar surface area (TPSA) is 99.6 Å². The first-order valence-electron chi connectivity index (χ1n) is 3.99. The molecule has 7 nitrogen and oxygen atoms in total. The van der Waals surface area contributed by atoms with Crippen molar-refractivity contribution in [3.05, 3.63) is 28.5 Å². The summed E-state index contributed by atoms with van der Waals surface area (Å²) in [6.07, 6.45) is 1.46. The first kappa shape index (κ1) is 10.8. The number of carbonyl (C=O) groups excluding carboxylic acids is 1. The molecule has 2 aromatic rings. The number of nitrogens with zero attached hydrogens (tertiary/aromatic N) is 5. The van der Waals surface area contributed by atoms with Gasteiger partial charge in [-0.3, -0.25) is 4.79 Å². The molecule has 0 atom stereocenters. The monoisotopic (exact) mass is 258 g/mol. The van der Waals surface area contributed by atoms with Crippen molar-refractivity contribution in [2.75, 3.05) is 0 Å². The van der Waals surface area contributed by atoms with Crippen LogP contribution in [0.3, 0.4) is 0 Å². The van der Waals surface area contributed by atoms with Crippen LogP contribution in [-0.4, -0.2) is 30.6 Å². The van der Waals surface area contributed by atoms with Gasteiger partial charge in [-0.1, -0.05) is 0 Å². The molecule has 1 amide bonds. The lowest BCUT2D eigenvalue weighted by molar-refractivity contribution is 0.0995.